The Bertz CT molecular complexity index is 375. The Kier molecular flexibility index (Phi) is 7.49. The van der Waals surface area contributed by atoms with Gasteiger partial charge in [0, 0.05) is 6.42 Å². The highest BCUT2D eigenvalue weighted by Gasteiger charge is 2.05. The molecule has 0 aliphatic carbocycles. The Labute approximate surface area is 122 Å². The molecular weight excluding hydrogens is 254 g/mol. The average Bonchev–Trinajstić information content (AvgIpc) is 2.35. The third-order valence-corrected chi connectivity index (χ3v) is 3.24. The normalized spacial score (nSPS) is 12.1. The predicted molar refractivity (Wildman–Crippen MR) is 85.7 cm³/mol. The number of benzene rings is 1. The Morgan fingerprint density at radius 2 is 1.95 bits per heavy atom. The quantitative estimate of drug-likeness (QED) is 0.546. The first kappa shape index (κ1) is 16.0. The highest BCUT2D eigenvalue weighted by molar-refractivity contribution is 7.80. The zero-order valence-electron chi connectivity index (χ0n) is 12.0. The van der Waals surface area contributed by atoms with E-state index in [1.807, 2.05) is 0 Å². The maximum atomic E-state index is 5.69. The molecule has 0 fully saturated rings. The van der Waals surface area contributed by atoms with Gasteiger partial charge in [0.25, 0.3) is 0 Å². The number of nitrogens with two attached hydrogens (primary N) is 1. The van der Waals surface area contributed by atoms with Crippen molar-refractivity contribution in [2.75, 3.05) is 6.61 Å². The zero-order valence-corrected chi connectivity index (χ0v) is 12.8. The first-order valence-corrected chi connectivity index (χ1v) is 7.52. The molecule has 1 atom stereocenters. The van der Waals surface area contributed by atoms with Crippen LogP contribution in [0.3, 0.4) is 0 Å². The first-order chi connectivity index (χ1) is 9.11. The summed E-state index contributed by atoms with van der Waals surface area (Å²) in [5.74, 6) is 1.45. The number of hydrogen-bond donors (Lipinski definition) is 1. The van der Waals surface area contributed by atoms with Gasteiger partial charge in [-0.2, -0.15) is 0 Å². The monoisotopic (exact) mass is 279 g/mol. The minimum atomic E-state index is 0.494. The van der Waals surface area contributed by atoms with Crippen molar-refractivity contribution in [1.29, 1.82) is 0 Å². The minimum Gasteiger partial charge on any atom is -0.494 e. The number of rotatable bonds is 9. The summed E-state index contributed by atoms with van der Waals surface area (Å²) in [7, 11) is 0. The molecule has 0 aliphatic rings. The van der Waals surface area contributed by atoms with Crippen molar-refractivity contribution in [2.45, 2.75) is 46.0 Å². The highest BCUT2D eigenvalue weighted by Crippen LogP contribution is 2.17. The van der Waals surface area contributed by atoms with E-state index in [-0.39, 0.29) is 0 Å². The molecule has 0 spiro atoms. The van der Waals surface area contributed by atoms with Crippen LogP contribution in [0.2, 0.25) is 0 Å². The van der Waals surface area contributed by atoms with Gasteiger partial charge in [0.2, 0.25) is 0 Å². The van der Waals surface area contributed by atoms with E-state index in [0.717, 1.165) is 31.6 Å². The van der Waals surface area contributed by atoms with Crippen LogP contribution in [0, 0.1) is 5.92 Å². The SMILES string of the molecule is CCCCCOc1ccc(CC(C)CC(N)=S)cc1. The van der Waals surface area contributed by atoms with Crippen LogP contribution in [-0.4, -0.2) is 11.6 Å². The van der Waals surface area contributed by atoms with Gasteiger partial charge < -0.3 is 10.5 Å². The molecule has 1 aromatic carbocycles. The van der Waals surface area contributed by atoms with Crippen LogP contribution in [-0.2, 0) is 6.42 Å². The van der Waals surface area contributed by atoms with Gasteiger partial charge in [0.1, 0.15) is 5.75 Å². The molecule has 0 amide bonds. The Morgan fingerprint density at radius 1 is 1.26 bits per heavy atom. The van der Waals surface area contributed by atoms with Crippen molar-refractivity contribution in [3.63, 3.8) is 0 Å². The van der Waals surface area contributed by atoms with Gasteiger partial charge in [-0.05, 0) is 36.5 Å². The summed E-state index contributed by atoms with van der Waals surface area (Å²) in [5, 5.41) is 0. The first-order valence-electron chi connectivity index (χ1n) is 7.12. The fraction of sp³-hybridized carbons (Fsp3) is 0.562. The third kappa shape index (κ3) is 7.16. The van der Waals surface area contributed by atoms with Crippen LogP contribution >= 0.6 is 12.2 Å². The summed E-state index contributed by atoms with van der Waals surface area (Å²) in [6, 6.07) is 8.36. The molecule has 0 radical (unpaired) electrons. The molecule has 0 heterocycles. The summed E-state index contributed by atoms with van der Waals surface area (Å²) in [5.41, 5.74) is 6.87. The van der Waals surface area contributed by atoms with Gasteiger partial charge in [-0.1, -0.05) is 51.0 Å². The number of hydrogen-bond acceptors (Lipinski definition) is 2. The lowest BCUT2D eigenvalue weighted by molar-refractivity contribution is 0.306. The number of thiocarbonyl (C=S) groups is 1. The average molecular weight is 279 g/mol. The summed E-state index contributed by atoms with van der Waals surface area (Å²) < 4.78 is 5.69. The molecule has 1 aromatic rings. The minimum absolute atomic E-state index is 0.494. The standard InChI is InChI=1S/C16H25NOS/c1-3-4-5-10-18-15-8-6-14(7-9-15)11-13(2)12-16(17)19/h6-9,13H,3-5,10-12H2,1-2H3,(H2,17,19). The van der Waals surface area contributed by atoms with Gasteiger partial charge >= 0.3 is 0 Å². The largest absolute Gasteiger partial charge is 0.494 e. The smallest absolute Gasteiger partial charge is 0.119 e. The van der Waals surface area contributed by atoms with Crippen molar-refractivity contribution < 1.29 is 4.74 Å². The van der Waals surface area contributed by atoms with Gasteiger partial charge in [-0.3, -0.25) is 0 Å². The molecule has 0 saturated heterocycles. The second-order valence-electron chi connectivity index (χ2n) is 5.18. The zero-order chi connectivity index (χ0) is 14.1. The lowest BCUT2D eigenvalue weighted by atomic mass is 9.98. The fourth-order valence-corrected chi connectivity index (χ4v) is 2.37. The van der Waals surface area contributed by atoms with Gasteiger partial charge in [0.15, 0.2) is 0 Å². The second kappa shape index (κ2) is 8.92. The van der Waals surface area contributed by atoms with E-state index in [0.29, 0.717) is 10.9 Å². The molecule has 1 unspecified atom stereocenters. The van der Waals surface area contributed by atoms with E-state index >= 15 is 0 Å². The second-order valence-corrected chi connectivity index (χ2v) is 5.70. The lowest BCUT2D eigenvalue weighted by Crippen LogP contribution is -2.13. The van der Waals surface area contributed by atoms with Crippen molar-refractivity contribution in [1.82, 2.24) is 0 Å². The molecule has 1 rings (SSSR count). The van der Waals surface area contributed by atoms with E-state index in [1.54, 1.807) is 0 Å². The molecule has 2 nitrogen and oxygen atoms in total. The van der Waals surface area contributed by atoms with E-state index in [9.17, 15) is 0 Å². The van der Waals surface area contributed by atoms with E-state index in [4.69, 9.17) is 22.7 Å². The molecule has 3 heteroatoms. The lowest BCUT2D eigenvalue weighted by Gasteiger charge is -2.11. The maximum Gasteiger partial charge on any atom is 0.119 e. The molecular formula is C16H25NOS. The number of ether oxygens (including phenoxy) is 1. The number of unbranched alkanes of at least 4 members (excludes halogenated alkanes) is 2. The topological polar surface area (TPSA) is 35.2 Å². The Morgan fingerprint density at radius 3 is 2.53 bits per heavy atom. The molecule has 106 valence electrons. The van der Waals surface area contributed by atoms with E-state index in [2.05, 4.69) is 38.1 Å². The van der Waals surface area contributed by atoms with Crippen LogP contribution in [0.15, 0.2) is 24.3 Å². The summed E-state index contributed by atoms with van der Waals surface area (Å²) in [6.45, 7) is 5.18. The van der Waals surface area contributed by atoms with Crippen LogP contribution in [0.1, 0.15) is 45.1 Å². The molecule has 2 N–H and O–H groups in total. The van der Waals surface area contributed by atoms with Crippen molar-refractivity contribution in [2.24, 2.45) is 11.7 Å². The summed E-state index contributed by atoms with van der Waals surface area (Å²) in [6.07, 6.45) is 5.40. The highest BCUT2D eigenvalue weighted by atomic mass is 32.1. The van der Waals surface area contributed by atoms with Gasteiger partial charge in [-0.25, -0.2) is 0 Å². The Hall–Kier alpha value is -1.09. The van der Waals surface area contributed by atoms with Crippen LogP contribution < -0.4 is 10.5 Å². The van der Waals surface area contributed by atoms with Crippen molar-refractivity contribution in [3.8, 4) is 5.75 Å². The maximum absolute atomic E-state index is 5.69. The van der Waals surface area contributed by atoms with Gasteiger partial charge in [0.05, 0.1) is 11.6 Å². The molecule has 19 heavy (non-hydrogen) atoms. The summed E-state index contributed by atoms with van der Waals surface area (Å²) in [4.78, 5) is 0.600. The summed E-state index contributed by atoms with van der Waals surface area (Å²) >= 11 is 4.94. The van der Waals surface area contributed by atoms with Crippen LogP contribution in [0.25, 0.3) is 0 Å². The predicted octanol–water partition coefficient (Wildman–Crippen LogP) is 4.11. The van der Waals surface area contributed by atoms with Gasteiger partial charge in [-0.15, -0.1) is 0 Å². The molecule has 0 aliphatic heterocycles. The third-order valence-electron chi connectivity index (χ3n) is 3.07. The molecule has 0 bridgehead atoms. The fourth-order valence-electron chi connectivity index (χ4n) is 2.08. The van der Waals surface area contributed by atoms with E-state index < -0.39 is 0 Å². The van der Waals surface area contributed by atoms with Crippen LogP contribution in [0.5, 0.6) is 5.75 Å². The molecule has 0 aromatic heterocycles. The van der Waals surface area contributed by atoms with Crippen LogP contribution in [0.4, 0.5) is 0 Å². The van der Waals surface area contributed by atoms with E-state index in [1.165, 1.54) is 18.4 Å². The van der Waals surface area contributed by atoms with Crippen molar-refractivity contribution in [3.05, 3.63) is 29.8 Å². The Balaban J connectivity index is 2.36. The van der Waals surface area contributed by atoms with Crippen molar-refractivity contribution >= 4 is 17.2 Å². The molecule has 0 saturated carbocycles.